The summed E-state index contributed by atoms with van der Waals surface area (Å²) in [4.78, 5) is 10.0. The van der Waals surface area contributed by atoms with Crippen LogP contribution < -0.4 is 5.73 Å². The standard InChI is InChI=1S/C6H10FNO3/c7-6(1-4(9)2-6)3-11-5(8)10/h4,9H,1-3H2,(H2,8,10). The number of halogens is 1. The highest BCUT2D eigenvalue weighted by Crippen LogP contribution is 2.36. The predicted molar refractivity (Wildman–Crippen MR) is 34.6 cm³/mol. The van der Waals surface area contributed by atoms with Crippen LogP contribution in [0.1, 0.15) is 12.8 Å². The molecule has 0 aromatic carbocycles. The van der Waals surface area contributed by atoms with Crippen molar-refractivity contribution in [1.82, 2.24) is 0 Å². The van der Waals surface area contributed by atoms with Crippen LogP contribution in [-0.2, 0) is 4.74 Å². The summed E-state index contributed by atoms with van der Waals surface area (Å²) >= 11 is 0. The number of hydrogen-bond donors (Lipinski definition) is 2. The lowest BCUT2D eigenvalue weighted by Crippen LogP contribution is -2.47. The first-order valence-electron chi connectivity index (χ1n) is 3.31. The third kappa shape index (κ3) is 2.04. The number of alkyl halides is 1. The second-order valence-corrected chi connectivity index (χ2v) is 2.82. The largest absolute Gasteiger partial charge is 0.446 e. The van der Waals surface area contributed by atoms with E-state index in [0.717, 1.165) is 0 Å². The monoisotopic (exact) mass is 163 g/mol. The summed E-state index contributed by atoms with van der Waals surface area (Å²) in [6.45, 7) is -0.348. The van der Waals surface area contributed by atoms with Crippen LogP contribution in [0.4, 0.5) is 9.18 Å². The van der Waals surface area contributed by atoms with E-state index in [0.29, 0.717) is 0 Å². The van der Waals surface area contributed by atoms with E-state index >= 15 is 0 Å². The van der Waals surface area contributed by atoms with Crippen molar-refractivity contribution in [1.29, 1.82) is 0 Å². The van der Waals surface area contributed by atoms with Gasteiger partial charge in [-0.15, -0.1) is 0 Å². The highest BCUT2D eigenvalue weighted by molar-refractivity contribution is 5.64. The van der Waals surface area contributed by atoms with Crippen molar-refractivity contribution in [3.63, 3.8) is 0 Å². The van der Waals surface area contributed by atoms with E-state index in [1.807, 2.05) is 0 Å². The van der Waals surface area contributed by atoms with Gasteiger partial charge in [0.05, 0.1) is 6.10 Å². The second-order valence-electron chi connectivity index (χ2n) is 2.82. The molecule has 0 aromatic heterocycles. The molecular weight excluding hydrogens is 153 g/mol. The summed E-state index contributed by atoms with van der Waals surface area (Å²) in [6.07, 6.45) is -1.53. The van der Waals surface area contributed by atoms with Gasteiger partial charge in [-0.3, -0.25) is 0 Å². The Morgan fingerprint density at radius 1 is 1.82 bits per heavy atom. The maximum Gasteiger partial charge on any atom is 0.404 e. The van der Waals surface area contributed by atoms with Gasteiger partial charge in [-0.1, -0.05) is 0 Å². The fourth-order valence-corrected chi connectivity index (χ4v) is 1.10. The number of ether oxygens (including phenoxy) is 1. The van der Waals surface area contributed by atoms with Gasteiger partial charge in [0.1, 0.15) is 12.3 Å². The van der Waals surface area contributed by atoms with Gasteiger partial charge < -0.3 is 15.6 Å². The van der Waals surface area contributed by atoms with Gasteiger partial charge in [-0.05, 0) is 0 Å². The SMILES string of the molecule is NC(=O)OCC1(F)CC(O)C1. The topological polar surface area (TPSA) is 72.6 Å². The van der Waals surface area contributed by atoms with Crippen molar-refractivity contribution in [3.8, 4) is 0 Å². The van der Waals surface area contributed by atoms with E-state index in [1.165, 1.54) is 0 Å². The number of rotatable bonds is 2. The second kappa shape index (κ2) is 2.65. The van der Waals surface area contributed by atoms with Crippen LogP contribution >= 0.6 is 0 Å². The molecule has 1 aliphatic carbocycles. The molecule has 1 rings (SSSR count). The van der Waals surface area contributed by atoms with Gasteiger partial charge in [0.15, 0.2) is 0 Å². The molecule has 1 aliphatic rings. The lowest BCUT2D eigenvalue weighted by atomic mass is 9.80. The van der Waals surface area contributed by atoms with Crippen molar-refractivity contribution < 1.29 is 19.0 Å². The number of carbonyl (C=O) groups is 1. The normalized spacial score (nSPS) is 36.0. The van der Waals surface area contributed by atoms with E-state index in [-0.39, 0.29) is 19.4 Å². The van der Waals surface area contributed by atoms with Crippen LogP contribution in [0.15, 0.2) is 0 Å². The molecule has 0 saturated heterocycles. The first-order valence-corrected chi connectivity index (χ1v) is 3.31. The number of aliphatic hydroxyl groups excluding tert-OH is 1. The number of aliphatic hydroxyl groups is 1. The summed E-state index contributed by atoms with van der Waals surface area (Å²) in [5, 5.41) is 8.74. The molecule has 0 heterocycles. The zero-order valence-electron chi connectivity index (χ0n) is 5.92. The van der Waals surface area contributed by atoms with Gasteiger partial charge in [0.2, 0.25) is 0 Å². The van der Waals surface area contributed by atoms with Crippen LogP contribution in [0.5, 0.6) is 0 Å². The fourth-order valence-electron chi connectivity index (χ4n) is 1.10. The zero-order valence-corrected chi connectivity index (χ0v) is 5.92. The van der Waals surface area contributed by atoms with Crippen molar-refractivity contribution in [2.45, 2.75) is 24.6 Å². The smallest absolute Gasteiger partial charge is 0.404 e. The molecule has 11 heavy (non-hydrogen) atoms. The minimum absolute atomic E-state index is 0.0281. The minimum atomic E-state index is -1.55. The molecule has 1 amide bonds. The van der Waals surface area contributed by atoms with Crippen molar-refractivity contribution in [2.24, 2.45) is 5.73 Å². The molecule has 0 unspecified atom stereocenters. The van der Waals surface area contributed by atoms with Crippen LogP contribution in [0.2, 0.25) is 0 Å². The van der Waals surface area contributed by atoms with E-state index in [4.69, 9.17) is 5.11 Å². The zero-order chi connectivity index (χ0) is 8.48. The van der Waals surface area contributed by atoms with E-state index in [1.54, 1.807) is 0 Å². The van der Waals surface area contributed by atoms with Crippen LogP contribution in [0.25, 0.3) is 0 Å². The van der Waals surface area contributed by atoms with Crippen LogP contribution in [-0.4, -0.2) is 29.6 Å². The van der Waals surface area contributed by atoms with Gasteiger partial charge in [-0.25, -0.2) is 9.18 Å². The highest BCUT2D eigenvalue weighted by atomic mass is 19.1. The molecule has 5 heteroatoms. The first kappa shape index (κ1) is 8.26. The molecular formula is C6H10FNO3. The maximum absolute atomic E-state index is 13.0. The molecule has 4 nitrogen and oxygen atoms in total. The Morgan fingerprint density at radius 2 is 2.36 bits per heavy atom. The third-order valence-electron chi connectivity index (χ3n) is 1.68. The average Bonchev–Trinajstić information content (AvgIpc) is 1.81. The quantitative estimate of drug-likeness (QED) is 0.599. The van der Waals surface area contributed by atoms with Gasteiger partial charge in [-0.2, -0.15) is 0 Å². The van der Waals surface area contributed by atoms with Crippen LogP contribution in [0, 0.1) is 0 Å². The Bertz CT molecular complexity index is 167. The average molecular weight is 163 g/mol. The molecule has 0 atom stereocenters. The van der Waals surface area contributed by atoms with Crippen LogP contribution in [0.3, 0.4) is 0 Å². The summed E-state index contributed by atoms with van der Waals surface area (Å²) in [5.41, 5.74) is 3.08. The first-order chi connectivity index (χ1) is 5.02. The number of primary amides is 1. The summed E-state index contributed by atoms with van der Waals surface area (Å²) in [7, 11) is 0. The Labute approximate surface area is 63.1 Å². The fraction of sp³-hybridized carbons (Fsp3) is 0.833. The van der Waals surface area contributed by atoms with Gasteiger partial charge in [0, 0.05) is 12.8 Å². The lowest BCUT2D eigenvalue weighted by Gasteiger charge is -2.37. The van der Waals surface area contributed by atoms with E-state index < -0.39 is 17.9 Å². The molecule has 0 radical (unpaired) electrons. The van der Waals surface area contributed by atoms with E-state index in [9.17, 15) is 9.18 Å². The number of hydrogen-bond acceptors (Lipinski definition) is 3. The van der Waals surface area contributed by atoms with Crippen molar-refractivity contribution >= 4 is 6.09 Å². The van der Waals surface area contributed by atoms with E-state index in [2.05, 4.69) is 10.5 Å². The summed E-state index contributed by atoms with van der Waals surface area (Å²) in [5.74, 6) is 0. The van der Waals surface area contributed by atoms with Gasteiger partial charge >= 0.3 is 6.09 Å². The Balaban J connectivity index is 2.21. The molecule has 64 valence electrons. The Morgan fingerprint density at radius 3 is 2.73 bits per heavy atom. The number of nitrogens with two attached hydrogens (primary N) is 1. The Kier molecular flexibility index (Phi) is 1.99. The highest BCUT2D eigenvalue weighted by Gasteiger charge is 2.45. The molecule has 0 spiro atoms. The maximum atomic E-state index is 13.0. The lowest BCUT2D eigenvalue weighted by molar-refractivity contribution is -0.0857. The molecule has 0 aromatic rings. The summed E-state index contributed by atoms with van der Waals surface area (Å²) in [6, 6.07) is 0. The predicted octanol–water partition coefficient (Wildman–Crippen LogP) is -0.0553. The Hall–Kier alpha value is -0.840. The van der Waals surface area contributed by atoms with Crippen molar-refractivity contribution in [3.05, 3.63) is 0 Å². The molecule has 0 aliphatic heterocycles. The molecule has 1 saturated carbocycles. The summed E-state index contributed by atoms with van der Waals surface area (Å²) < 4.78 is 17.3. The van der Waals surface area contributed by atoms with Crippen molar-refractivity contribution in [2.75, 3.05) is 6.61 Å². The minimum Gasteiger partial charge on any atom is -0.446 e. The van der Waals surface area contributed by atoms with Gasteiger partial charge in [0.25, 0.3) is 0 Å². The molecule has 3 N–H and O–H groups in total. The number of carbonyl (C=O) groups excluding carboxylic acids is 1. The molecule has 0 bridgehead atoms. The molecule has 1 fully saturated rings. The third-order valence-corrected chi connectivity index (χ3v) is 1.68. The number of amides is 1.